The van der Waals surface area contributed by atoms with Gasteiger partial charge in [0.1, 0.15) is 17.5 Å². The topological polar surface area (TPSA) is 91.1 Å². The lowest BCUT2D eigenvalue weighted by molar-refractivity contribution is -0.110. The van der Waals surface area contributed by atoms with E-state index >= 15 is 0 Å². The van der Waals surface area contributed by atoms with Gasteiger partial charge in [-0.1, -0.05) is 6.42 Å². The molecule has 1 amide bonds. The van der Waals surface area contributed by atoms with E-state index in [2.05, 4.69) is 10.3 Å². The molecule has 1 aromatic heterocycles. The summed E-state index contributed by atoms with van der Waals surface area (Å²) in [6.45, 7) is 0.171. The maximum absolute atomic E-state index is 14.1. The Hall–Kier alpha value is -2.84. The number of amides is 1. The fourth-order valence-corrected chi connectivity index (χ4v) is 3.50. The molecule has 4 rings (SSSR count). The molecule has 3 aromatic rings. The van der Waals surface area contributed by atoms with Gasteiger partial charge < -0.3 is 21.1 Å². The number of carbonyl (C=O) groups is 1. The Kier molecular flexibility index (Phi) is 7.12. The molecule has 5 N–H and O–H groups in total. The highest BCUT2D eigenvalue weighted by molar-refractivity contribution is 5.92. The molecule has 0 aliphatic heterocycles. The molecule has 160 valence electrons. The Bertz CT molecular complexity index is 997. The van der Waals surface area contributed by atoms with E-state index in [-0.39, 0.29) is 25.0 Å². The van der Waals surface area contributed by atoms with Gasteiger partial charge in [-0.15, -0.1) is 0 Å². The van der Waals surface area contributed by atoms with Crippen LogP contribution in [0.2, 0.25) is 0 Å². The summed E-state index contributed by atoms with van der Waals surface area (Å²) in [7, 11) is 0. The number of aliphatic hydroxyl groups excluding tert-OH is 1. The number of aliphatic hydroxyl groups is 1. The van der Waals surface area contributed by atoms with E-state index in [0.717, 1.165) is 42.1 Å². The monoisotopic (exact) mass is 419 g/mol. The zero-order valence-corrected chi connectivity index (χ0v) is 16.3. The molecule has 1 unspecified atom stereocenters. The minimum absolute atomic E-state index is 0.102. The van der Waals surface area contributed by atoms with Crippen molar-refractivity contribution in [3.63, 3.8) is 0 Å². The molecule has 0 bridgehead atoms. The number of rotatable bonds is 6. The fourth-order valence-electron chi connectivity index (χ4n) is 3.50. The normalized spacial score (nSPS) is 14.6. The lowest BCUT2D eigenvalue weighted by Gasteiger charge is -2.26. The lowest BCUT2D eigenvalue weighted by Crippen LogP contribution is -2.37. The quantitative estimate of drug-likeness (QED) is 0.461. The maximum atomic E-state index is 14.1. The molecule has 1 aliphatic rings. The van der Waals surface area contributed by atoms with Gasteiger partial charge in [0.05, 0.1) is 23.9 Å². The first-order chi connectivity index (χ1) is 14.5. The zero-order valence-electron chi connectivity index (χ0n) is 16.3. The van der Waals surface area contributed by atoms with E-state index in [4.69, 9.17) is 10.8 Å². The molecule has 1 aliphatic carbocycles. The second-order valence-electron chi connectivity index (χ2n) is 7.26. The molecule has 5 nitrogen and oxygen atoms in total. The van der Waals surface area contributed by atoms with Crippen molar-refractivity contribution < 1.29 is 23.1 Å². The van der Waals surface area contributed by atoms with Crippen LogP contribution in [-0.2, 0) is 4.79 Å². The zero-order chi connectivity index (χ0) is 21.7. The van der Waals surface area contributed by atoms with Crippen LogP contribution in [0.1, 0.15) is 30.7 Å². The largest absolute Gasteiger partial charge is 0.394 e. The summed E-state index contributed by atoms with van der Waals surface area (Å²) in [4.78, 5) is 12.7. The second-order valence-corrected chi connectivity index (χ2v) is 7.26. The molecule has 0 spiro atoms. The molecule has 0 saturated heterocycles. The van der Waals surface area contributed by atoms with Crippen molar-refractivity contribution in [1.82, 2.24) is 10.3 Å². The third-order valence-corrected chi connectivity index (χ3v) is 5.32. The third-order valence-electron chi connectivity index (χ3n) is 5.32. The number of nitrogens with one attached hydrogen (secondary N) is 2. The number of hydrogen-bond donors (Lipinski definition) is 4. The first-order valence-electron chi connectivity index (χ1n) is 9.75. The molecule has 0 radical (unpaired) electrons. The van der Waals surface area contributed by atoms with Crippen LogP contribution in [0.15, 0.2) is 36.4 Å². The van der Waals surface area contributed by atoms with E-state index in [0.29, 0.717) is 23.2 Å². The Morgan fingerprint density at radius 2 is 1.87 bits per heavy atom. The molecular formula is C22H24F3N3O2. The summed E-state index contributed by atoms with van der Waals surface area (Å²) in [5.74, 6) is -1.18. The van der Waals surface area contributed by atoms with Crippen molar-refractivity contribution in [2.45, 2.75) is 31.2 Å². The molecule has 2 aromatic carbocycles. The van der Waals surface area contributed by atoms with Gasteiger partial charge in [0.2, 0.25) is 6.41 Å². The maximum Gasteiger partial charge on any atom is 0.207 e. The predicted molar refractivity (Wildman–Crippen MR) is 109 cm³/mol. The highest BCUT2D eigenvalue weighted by atomic mass is 19.1. The molecular weight excluding hydrogens is 395 g/mol. The second kappa shape index (κ2) is 9.77. The smallest absolute Gasteiger partial charge is 0.207 e. The van der Waals surface area contributed by atoms with Crippen molar-refractivity contribution in [2.75, 3.05) is 13.2 Å². The number of nitrogens with two attached hydrogens (primary N) is 1. The Balaban J connectivity index is 0.000000275. The van der Waals surface area contributed by atoms with Crippen molar-refractivity contribution in [3.05, 3.63) is 59.4 Å². The average Bonchev–Trinajstić information content (AvgIpc) is 3.05. The van der Waals surface area contributed by atoms with Gasteiger partial charge >= 0.3 is 0 Å². The Morgan fingerprint density at radius 3 is 2.37 bits per heavy atom. The molecule has 1 heterocycles. The number of carbonyl (C=O) groups excluding carboxylic acids is 1. The highest BCUT2D eigenvalue weighted by Crippen LogP contribution is 2.45. The van der Waals surface area contributed by atoms with E-state index < -0.39 is 11.6 Å². The average molecular weight is 419 g/mol. The van der Waals surface area contributed by atoms with Crippen molar-refractivity contribution in [1.29, 1.82) is 0 Å². The summed E-state index contributed by atoms with van der Waals surface area (Å²) < 4.78 is 40.8. The number of aromatic nitrogens is 1. The van der Waals surface area contributed by atoms with Crippen LogP contribution in [0.3, 0.4) is 0 Å². The Labute approximate surface area is 172 Å². The van der Waals surface area contributed by atoms with Gasteiger partial charge in [-0.2, -0.15) is 0 Å². The standard InChI is InChI=1S/C18H14F3N.C4H10N2O2/c19-12-6-4-11(5-7-12)17-16(10-2-1-3-10)14-8-13(20)9-15(21)18(14)22-17;5-1-4(2-7)6-3-8/h4-10,22H,1-3H2;3-4,7H,1-2,5H2,(H,6,8). The van der Waals surface area contributed by atoms with Crippen molar-refractivity contribution in [2.24, 2.45) is 5.73 Å². The Morgan fingerprint density at radius 1 is 1.17 bits per heavy atom. The SMILES string of the molecule is Fc1ccc(-c2[nH]c3c(F)cc(F)cc3c2C2CCC2)cc1.NCC(CO)NC=O. The first kappa shape index (κ1) is 21.9. The van der Waals surface area contributed by atoms with Crippen LogP contribution in [-0.4, -0.2) is 35.7 Å². The molecule has 30 heavy (non-hydrogen) atoms. The van der Waals surface area contributed by atoms with E-state index in [1.54, 1.807) is 12.1 Å². The van der Waals surface area contributed by atoms with Gasteiger partial charge in [-0.05, 0) is 60.2 Å². The first-order valence-corrected chi connectivity index (χ1v) is 9.75. The highest BCUT2D eigenvalue weighted by Gasteiger charge is 2.27. The van der Waals surface area contributed by atoms with Crippen LogP contribution in [0, 0.1) is 17.5 Å². The minimum atomic E-state index is -0.594. The van der Waals surface area contributed by atoms with Gasteiger partial charge in [-0.25, -0.2) is 13.2 Å². The van der Waals surface area contributed by atoms with Crippen LogP contribution in [0.4, 0.5) is 13.2 Å². The van der Waals surface area contributed by atoms with Crippen LogP contribution in [0.5, 0.6) is 0 Å². The van der Waals surface area contributed by atoms with Crippen LogP contribution < -0.4 is 11.1 Å². The van der Waals surface area contributed by atoms with E-state index in [1.165, 1.54) is 18.2 Å². The summed E-state index contributed by atoms with van der Waals surface area (Å²) in [6, 6.07) is 8.07. The third kappa shape index (κ3) is 4.66. The number of H-pyrrole nitrogens is 1. The number of halogens is 3. The van der Waals surface area contributed by atoms with Crippen LogP contribution in [0.25, 0.3) is 22.2 Å². The number of aromatic amines is 1. The number of benzene rings is 2. The minimum Gasteiger partial charge on any atom is -0.394 e. The summed E-state index contributed by atoms with van der Waals surface area (Å²) >= 11 is 0. The van der Waals surface area contributed by atoms with Gasteiger partial charge in [0.15, 0.2) is 0 Å². The summed E-state index contributed by atoms with van der Waals surface area (Å²) in [6.07, 6.45) is 3.67. The molecule has 1 fully saturated rings. The van der Waals surface area contributed by atoms with Gasteiger partial charge in [0, 0.05) is 18.0 Å². The fraction of sp³-hybridized carbons (Fsp3) is 0.318. The molecule has 1 saturated carbocycles. The van der Waals surface area contributed by atoms with Crippen LogP contribution >= 0.6 is 0 Å². The number of fused-ring (bicyclic) bond motifs is 1. The van der Waals surface area contributed by atoms with E-state index in [9.17, 15) is 18.0 Å². The predicted octanol–water partition coefficient (Wildman–Crippen LogP) is 3.57. The van der Waals surface area contributed by atoms with Crippen molar-refractivity contribution in [3.8, 4) is 11.3 Å². The lowest BCUT2D eigenvalue weighted by atomic mass is 9.78. The van der Waals surface area contributed by atoms with Crippen molar-refractivity contribution >= 4 is 17.3 Å². The van der Waals surface area contributed by atoms with Gasteiger partial charge in [-0.3, -0.25) is 4.79 Å². The molecule has 8 heteroatoms. The van der Waals surface area contributed by atoms with E-state index in [1.807, 2.05) is 0 Å². The van der Waals surface area contributed by atoms with Gasteiger partial charge in [0.25, 0.3) is 0 Å². The molecule has 1 atom stereocenters. The number of hydrogen-bond acceptors (Lipinski definition) is 3. The summed E-state index contributed by atoms with van der Waals surface area (Å²) in [5.41, 5.74) is 7.92. The summed E-state index contributed by atoms with van der Waals surface area (Å²) in [5, 5.41) is 11.3.